The van der Waals surface area contributed by atoms with Gasteiger partial charge in [-0.2, -0.15) is 0 Å². The van der Waals surface area contributed by atoms with Gasteiger partial charge in [0.25, 0.3) is 0 Å². The number of carbonyl (C=O) groups is 1. The lowest BCUT2D eigenvalue weighted by Crippen LogP contribution is -2.13. The van der Waals surface area contributed by atoms with Gasteiger partial charge in [0.05, 0.1) is 5.56 Å². The van der Waals surface area contributed by atoms with Crippen LogP contribution in [-0.2, 0) is 5.41 Å². The molecule has 0 unspecified atom stereocenters. The molecule has 122 valence electrons. The number of phenols is 1. The fourth-order valence-electron chi connectivity index (χ4n) is 2.46. The molecule has 0 atom stereocenters. The van der Waals surface area contributed by atoms with Crippen molar-refractivity contribution in [1.29, 1.82) is 0 Å². The highest BCUT2D eigenvalue weighted by Gasteiger charge is 2.17. The Morgan fingerprint density at radius 3 is 2.00 bits per heavy atom. The number of aromatic hydroxyl groups is 1. The van der Waals surface area contributed by atoms with E-state index in [1.165, 1.54) is 5.56 Å². The van der Waals surface area contributed by atoms with E-state index in [1.54, 1.807) is 26.0 Å². The molecule has 0 aliphatic carbocycles. The zero-order valence-electron chi connectivity index (χ0n) is 14.7. The van der Waals surface area contributed by atoms with E-state index in [9.17, 15) is 9.90 Å². The minimum Gasteiger partial charge on any atom is -0.507 e. The van der Waals surface area contributed by atoms with E-state index in [0.717, 1.165) is 5.56 Å². The fraction of sp³-hybridized carbons (Fsp3) is 0.350. The third-order valence-electron chi connectivity index (χ3n) is 3.97. The SMILES string of the molecule is Cc1cc(C(C)(C)C)ccc1OC(=O)c1cc(C)c(O)c(C)c1. The number of ether oxygens (including phenoxy) is 1. The lowest BCUT2D eigenvalue weighted by atomic mass is 9.86. The number of esters is 1. The molecule has 2 aromatic rings. The summed E-state index contributed by atoms with van der Waals surface area (Å²) in [6.07, 6.45) is 0. The highest BCUT2D eigenvalue weighted by molar-refractivity contribution is 5.92. The molecule has 0 bridgehead atoms. The number of carbonyl (C=O) groups excluding carboxylic acids is 1. The first kappa shape index (κ1) is 17.1. The van der Waals surface area contributed by atoms with Crippen LogP contribution < -0.4 is 4.74 Å². The van der Waals surface area contributed by atoms with Gasteiger partial charge < -0.3 is 9.84 Å². The van der Waals surface area contributed by atoms with Crippen LogP contribution in [0.1, 0.15) is 53.4 Å². The van der Waals surface area contributed by atoms with Crippen LogP contribution in [0.3, 0.4) is 0 Å². The molecular weight excluding hydrogens is 288 g/mol. The number of benzene rings is 2. The summed E-state index contributed by atoms with van der Waals surface area (Å²) in [7, 11) is 0. The molecule has 2 rings (SSSR count). The van der Waals surface area contributed by atoms with Gasteiger partial charge in [-0.3, -0.25) is 0 Å². The smallest absolute Gasteiger partial charge is 0.343 e. The Morgan fingerprint density at radius 2 is 1.52 bits per heavy atom. The Hall–Kier alpha value is -2.29. The third kappa shape index (κ3) is 3.73. The number of hydrogen-bond acceptors (Lipinski definition) is 3. The summed E-state index contributed by atoms with van der Waals surface area (Å²) < 4.78 is 5.53. The van der Waals surface area contributed by atoms with E-state index < -0.39 is 5.97 Å². The molecule has 0 aliphatic rings. The molecule has 0 radical (unpaired) electrons. The maximum absolute atomic E-state index is 12.4. The molecule has 0 aromatic heterocycles. The summed E-state index contributed by atoms with van der Waals surface area (Å²) in [4.78, 5) is 12.4. The molecule has 0 fully saturated rings. The van der Waals surface area contributed by atoms with Gasteiger partial charge in [0.15, 0.2) is 0 Å². The highest BCUT2D eigenvalue weighted by Crippen LogP contribution is 2.29. The molecule has 3 heteroatoms. The van der Waals surface area contributed by atoms with Gasteiger partial charge in [-0.15, -0.1) is 0 Å². The second kappa shape index (κ2) is 6.07. The normalized spacial score (nSPS) is 11.4. The van der Waals surface area contributed by atoms with Crippen molar-refractivity contribution in [3.8, 4) is 11.5 Å². The molecule has 0 aliphatic heterocycles. The van der Waals surface area contributed by atoms with E-state index in [-0.39, 0.29) is 11.2 Å². The maximum atomic E-state index is 12.4. The van der Waals surface area contributed by atoms with Crippen LogP contribution in [0.5, 0.6) is 11.5 Å². The second-order valence-corrected chi connectivity index (χ2v) is 7.08. The van der Waals surface area contributed by atoms with Gasteiger partial charge in [0, 0.05) is 0 Å². The van der Waals surface area contributed by atoms with Gasteiger partial charge >= 0.3 is 5.97 Å². The summed E-state index contributed by atoms with van der Waals surface area (Å²) in [5.74, 6) is 0.362. The van der Waals surface area contributed by atoms with Crippen LogP contribution in [0.15, 0.2) is 30.3 Å². The summed E-state index contributed by atoms with van der Waals surface area (Å²) in [6.45, 7) is 11.9. The van der Waals surface area contributed by atoms with E-state index >= 15 is 0 Å². The van der Waals surface area contributed by atoms with Gasteiger partial charge in [-0.05, 0) is 66.6 Å². The Bertz CT molecular complexity index is 729. The summed E-state index contributed by atoms with van der Waals surface area (Å²) in [5.41, 5.74) is 3.95. The first-order valence-corrected chi connectivity index (χ1v) is 7.73. The van der Waals surface area contributed by atoms with Gasteiger partial charge in [-0.1, -0.05) is 32.9 Å². The van der Waals surface area contributed by atoms with Crippen molar-refractivity contribution in [1.82, 2.24) is 0 Å². The average Bonchev–Trinajstić information content (AvgIpc) is 2.45. The summed E-state index contributed by atoms with van der Waals surface area (Å²) in [5, 5.41) is 9.80. The molecule has 0 spiro atoms. The highest BCUT2D eigenvalue weighted by atomic mass is 16.5. The zero-order chi connectivity index (χ0) is 17.4. The Balaban J connectivity index is 2.27. The quantitative estimate of drug-likeness (QED) is 0.638. The van der Waals surface area contributed by atoms with E-state index in [1.807, 2.05) is 19.1 Å². The molecule has 1 N–H and O–H groups in total. The molecule has 0 heterocycles. The molecule has 2 aromatic carbocycles. The monoisotopic (exact) mass is 312 g/mol. The predicted octanol–water partition coefficient (Wildman–Crippen LogP) is 4.83. The van der Waals surface area contributed by atoms with Crippen molar-refractivity contribution >= 4 is 5.97 Å². The Kier molecular flexibility index (Phi) is 4.51. The van der Waals surface area contributed by atoms with Crippen LogP contribution in [0.25, 0.3) is 0 Å². The molecule has 0 saturated carbocycles. The first-order chi connectivity index (χ1) is 10.6. The number of rotatable bonds is 2. The van der Waals surface area contributed by atoms with Gasteiger partial charge in [-0.25, -0.2) is 4.79 Å². The van der Waals surface area contributed by atoms with Crippen molar-refractivity contribution in [3.63, 3.8) is 0 Å². The molecular formula is C20H24O3. The predicted molar refractivity (Wildman–Crippen MR) is 92.4 cm³/mol. The van der Waals surface area contributed by atoms with Crippen molar-refractivity contribution in [2.24, 2.45) is 0 Å². The summed E-state index contributed by atoms with van der Waals surface area (Å²) >= 11 is 0. The van der Waals surface area contributed by atoms with Crippen LogP contribution >= 0.6 is 0 Å². The van der Waals surface area contributed by atoms with E-state index in [0.29, 0.717) is 22.4 Å². The maximum Gasteiger partial charge on any atom is 0.343 e. The van der Waals surface area contributed by atoms with Gasteiger partial charge in [0.1, 0.15) is 11.5 Å². The topological polar surface area (TPSA) is 46.5 Å². The van der Waals surface area contributed by atoms with Crippen molar-refractivity contribution in [2.75, 3.05) is 0 Å². The second-order valence-electron chi connectivity index (χ2n) is 7.08. The zero-order valence-corrected chi connectivity index (χ0v) is 14.7. The van der Waals surface area contributed by atoms with Crippen LogP contribution in [0.2, 0.25) is 0 Å². The minimum absolute atomic E-state index is 0.0540. The van der Waals surface area contributed by atoms with E-state index in [4.69, 9.17) is 4.74 Å². The fourth-order valence-corrected chi connectivity index (χ4v) is 2.46. The molecule has 0 saturated heterocycles. The molecule has 0 amide bonds. The first-order valence-electron chi connectivity index (χ1n) is 7.73. The number of aryl methyl sites for hydroxylation is 3. The largest absolute Gasteiger partial charge is 0.507 e. The summed E-state index contributed by atoms with van der Waals surface area (Å²) in [6, 6.07) is 9.17. The van der Waals surface area contributed by atoms with Crippen LogP contribution in [0, 0.1) is 20.8 Å². The van der Waals surface area contributed by atoms with Crippen molar-refractivity contribution in [2.45, 2.75) is 47.0 Å². The number of phenolic OH excluding ortho intramolecular Hbond substituents is 1. The molecule has 23 heavy (non-hydrogen) atoms. The van der Waals surface area contributed by atoms with Gasteiger partial charge in [0.2, 0.25) is 0 Å². The Morgan fingerprint density at radius 1 is 0.957 bits per heavy atom. The van der Waals surface area contributed by atoms with E-state index in [2.05, 4.69) is 26.8 Å². The molecule has 3 nitrogen and oxygen atoms in total. The lowest BCUT2D eigenvalue weighted by molar-refractivity contribution is 0.0733. The third-order valence-corrected chi connectivity index (χ3v) is 3.97. The standard InChI is InChI=1S/C20H24O3/c1-12-11-16(20(4,5)6)7-8-17(12)23-19(22)15-9-13(2)18(21)14(3)10-15/h7-11,21H,1-6H3. The minimum atomic E-state index is -0.414. The lowest BCUT2D eigenvalue weighted by Gasteiger charge is -2.20. The number of hydrogen-bond donors (Lipinski definition) is 1. The van der Waals surface area contributed by atoms with Crippen molar-refractivity contribution < 1.29 is 14.6 Å². The van der Waals surface area contributed by atoms with Crippen molar-refractivity contribution in [3.05, 3.63) is 58.1 Å². The Labute approximate surface area is 137 Å². The van der Waals surface area contributed by atoms with Crippen LogP contribution in [0.4, 0.5) is 0 Å². The van der Waals surface area contributed by atoms with Crippen LogP contribution in [-0.4, -0.2) is 11.1 Å². The average molecular weight is 312 g/mol.